The Bertz CT molecular complexity index is 633. The summed E-state index contributed by atoms with van der Waals surface area (Å²) in [5.74, 6) is 4.80. The molecular weight excluding hydrogens is 465 g/mol. The van der Waals surface area contributed by atoms with Crippen LogP contribution in [0.2, 0.25) is 0 Å². The van der Waals surface area contributed by atoms with Crippen LogP contribution < -0.4 is 0 Å². The van der Waals surface area contributed by atoms with Crippen molar-refractivity contribution < 1.29 is 15.3 Å². The predicted molar refractivity (Wildman–Crippen MR) is 141 cm³/mol. The lowest BCUT2D eigenvalue weighted by Crippen LogP contribution is -2.42. The zero-order valence-electron chi connectivity index (χ0n) is 18.6. The summed E-state index contributed by atoms with van der Waals surface area (Å²) < 4.78 is -0.0614. The standard InChI is InChI=1S/C24H38O3S4/c1-2-21(24(30-15-8-16-31-24)19-9-4-3-5-10-19)22(27)17-23(28-13-7-14-29-23)12-6-11-20(26)18-25/h3-5,9-10,20-22,25-27H,2,6-8,11-18H2,1H3/t20-,21-,22+/m0/s1. The fraction of sp³-hybridized carbons (Fsp3) is 0.750. The second-order valence-corrected chi connectivity index (χ2v) is 14.7. The first-order valence-corrected chi connectivity index (χ1v) is 15.6. The van der Waals surface area contributed by atoms with E-state index in [1.165, 1.54) is 18.4 Å². The Balaban J connectivity index is 1.78. The second kappa shape index (κ2) is 12.8. The molecule has 2 aliphatic rings. The Kier molecular flexibility index (Phi) is 10.8. The van der Waals surface area contributed by atoms with Gasteiger partial charge < -0.3 is 15.3 Å². The third-order valence-corrected chi connectivity index (χ3v) is 13.4. The highest BCUT2D eigenvalue weighted by atomic mass is 32.2. The number of benzene rings is 1. The fourth-order valence-corrected chi connectivity index (χ4v) is 12.1. The van der Waals surface area contributed by atoms with Crippen LogP contribution in [0, 0.1) is 5.92 Å². The van der Waals surface area contributed by atoms with Crippen LogP contribution >= 0.6 is 47.0 Å². The quantitative estimate of drug-likeness (QED) is 0.365. The molecule has 1 aromatic carbocycles. The van der Waals surface area contributed by atoms with E-state index in [4.69, 9.17) is 5.11 Å². The number of rotatable bonds is 11. The molecular formula is C24H38O3S4. The molecule has 2 fully saturated rings. The number of aliphatic hydroxyl groups excluding tert-OH is 3. The molecule has 7 heteroatoms. The molecule has 0 saturated carbocycles. The van der Waals surface area contributed by atoms with Gasteiger partial charge in [-0.05, 0) is 73.5 Å². The molecule has 176 valence electrons. The lowest BCUT2D eigenvalue weighted by Gasteiger charge is -2.47. The van der Waals surface area contributed by atoms with Crippen molar-refractivity contribution in [2.45, 2.75) is 72.2 Å². The number of hydrogen-bond donors (Lipinski definition) is 3. The topological polar surface area (TPSA) is 60.7 Å². The van der Waals surface area contributed by atoms with Crippen molar-refractivity contribution in [3.8, 4) is 0 Å². The molecule has 2 aliphatic heterocycles. The average molecular weight is 503 g/mol. The van der Waals surface area contributed by atoms with Crippen molar-refractivity contribution in [3.63, 3.8) is 0 Å². The molecule has 0 amide bonds. The highest BCUT2D eigenvalue weighted by Crippen LogP contribution is 2.59. The van der Waals surface area contributed by atoms with E-state index in [1.807, 2.05) is 47.0 Å². The Hall–Kier alpha value is 0.500. The normalized spacial score (nSPS) is 23.7. The van der Waals surface area contributed by atoms with Crippen molar-refractivity contribution in [1.82, 2.24) is 0 Å². The molecule has 3 rings (SSSR count). The van der Waals surface area contributed by atoms with Gasteiger partial charge in [-0.2, -0.15) is 0 Å². The second-order valence-electron chi connectivity index (χ2n) is 8.56. The minimum atomic E-state index is -0.625. The molecule has 2 heterocycles. The van der Waals surface area contributed by atoms with E-state index in [0.29, 0.717) is 6.42 Å². The van der Waals surface area contributed by atoms with Gasteiger partial charge in [-0.25, -0.2) is 0 Å². The molecule has 3 atom stereocenters. The number of aliphatic hydroxyl groups is 3. The van der Waals surface area contributed by atoms with Gasteiger partial charge in [0.05, 0.1) is 27.0 Å². The van der Waals surface area contributed by atoms with Crippen LogP contribution in [0.15, 0.2) is 30.3 Å². The van der Waals surface area contributed by atoms with Gasteiger partial charge in [0.1, 0.15) is 0 Å². The summed E-state index contributed by atoms with van der Waals surface area (Å²) in [5, 5.41) is 30.7. The molecule has 31 heavy (non-hydrogen) atoms. The maximum atomic E-state index is 11.7. The highest BCUT2D eigenvalue weighted by molar-refractivity contribution is 8.19. The SMILES string of the molecule is CC[C@@H]([C@H](O)CC1(CCC[C@H](O)CO)SCCCS1)C1(c2ccccc2)SCCCS1. The number of hydrogen-bond acceptors (Lipinski definition) is 7. The maximum absolute atomic E-state index is 11.7. The van der Waals surface area contributed by atoms with E-state index >= 15 is 0 Å². The van der Waals surface area contributed by atoms with E-state index < -0.39 is 6.10 Å². The van der Waals surface area contributed by atoms with E-state index in [0.717, 1.165) is 48.7 Å². The van der Waals surface area contributed by atoms with Gasteiger partial charge in [-0.3, -0.25) is 0 Å². The van der Waals surface area contributed by atoms with Gasteiger partial charge in [0.15, 0.2) is 0 Å². The summed E-state index contributed by atoms with van der Waals surface area (Å²) in [7, 11) is 0. The Morgan fingerprint density at radius 1 is 0.935 bits per heavy atom. The van der Waals surface area contributed by atoms with E-state index in [9.17, 15) is 10.2 Å². The molecule has 2 saturated heterocycles. The van der Waals surface area contributed by atoms with Crippen LogP contribution in [0.1, 0.15) is 57.4 Å². The van der Waals surface area contributed by atoms with Crippen molar-refractivity contribution in [2.24, 2.45) is 5.92 Å². The molecule has 3 nitrogen and oxygen atoms in total. The third-order valence-electron chi connectivity index (χ3n) is 6.34. The molecule has 0 radical (unpaired) electrons. The van der Waals surface area contributed by atoms with E-state index in [1.54, 1.807) is 0 Å². The molecule has 0 aromatic heterocycles. The Morgan fingerprint density at radius 2 is 1.55 bits per heavy atom. The summed E-state index contributed by atoms with van der Waals surface area (Å²) in [6.45, 7) is 2.07. The highest BCUT2D eigenvalue weighted by Gasteiger charge is 2.47. The van der Waals surface area contributed by atoms with E-state index in [-0.39, 0.29) is 26.8 Å². The zero-order chi connectivity index (χ0) is 22.2. The summed E-state index contributed by atoms with van der Waals surface area (Å²) >= 11 is 8.10. The minimum Gasteiger partial charge on any atom is -0.394 e. The van der Waals surface area contributed by atoms with Crippen molar-refractivity contribution in [1.29, 1.82) is 0 Å². The zero-order valence-corrected chi connectivity index (χ0v) is 21.8. The monoisotopic (exact) mass is 502 g/mol. The van der Waals surface area contributed by atoms with Gasteiger partial charge in [-0.1, -0.05) is 37.3 Å². The van der Waals surface area contributed by atoms with Gasteiger partial charge in [-0.15, -0.1) is 47.0 Å². The van der Waals surface area contributed by atoms with Crippen molar-refractivity contribution in [2.75, 3.05) is 29.6 Å². The summed E-state index contributed by atoms with van der Waals surface area (Å²) in [6, 6.07) is 10.8. The fourth-order valence-electron chi connectivity index (χ4n) is 4.75. The minimum absolute atomic E-state index is 0.0160. The van der Waals surface area contributed by atoms with Crippen molar-refractivity contribution in [3.05, 3.63) is 35.9 Å². The van der Waals surface area contributed by atoms with Gasteiger partial charge in [0, 0.05) is 5.92 Å². The lowest BCUT2D eigenvalue weighted by atomic mass is 9.87. The van der Waals surface area contributed by atoms with Gasteiger partial charge in [0.25, 0.3) is 0 Å². The summed E-state index contributed by atoms with van der Waals surface area (Å²) in [5.41, 5.74) is 1.35. The Morgan fingerprint density at radius 3 is 2.13 bits per heavy atom. The lowest BCUT2D eigenvalue weighted by molar-refractivity contribution is 0.0790. The molecule has 0 aliphatic carbocycles. The van der Waals surface area contributed by atoms with Crippen LogP contribution in [0.25, 0.3) is 0 Å². The maximum Gasteiger partial charge on any atom is 0.0912 e. The van der Waals surface area contributed by atoms with Crippen LogP contribution in [0.5, 0.6) is 0 Å². The largest absolute Gasteiger partial charge is 0.394 e. The Labute approximate surface area is 205 Å². The first kappa shape index (κ1) is 26.1. The first-order valence-electron chi connectivity index (χ1n) is 11.6. The predicted octanol–water partition coefficient (Wildman–Crippen LogP) is 5.58. The number of thioether (sulfide) groups is 4. The molecule has 3 N–H and O–H groups in total. The van der Waals surface area contributed by atoms with Crippen LogP contribution in [0.4, 0.5) is 0 Å². The van der Waals surface area contributed by atoms with Gasteiger partial charge >= 0.3 is 0 Å². The smallest absolute Gasteiger partial charge is 0.0912 e. The van der Waals surface area contributed by atoms with E-state index in [2.05, 4.69) is 37.3 Å². The molecule has 0 bridgehead atoms. The van der Waals surface area contributed by atoms with Gasteiger partial charge in [0.2, 0.25) is 0 Å². The van der Waals surface area contributed by atoms with Crippen LogP contribution in [-0.2, 0) is 4.08 Å². The molecule has 0 spiro atoms. The molecule has 0 unspecified atom stereocenters. The van der Waals surface area contributed by atoms with Crippen LogP contribution in [-0.4, -0.2) is 61.2 Å². The van der Waals surface area contributed by atoms with Crippen molar-refractivity contribution >= 4 is 47.0 Å². The first-order chi connectivity index (χ1) is 15.1. The average Bonchev–Trinajstić information content (AvgIpc) is 2.81. The molecule has 1 aromatic rings. The summed E-state index contributed by atoms with van der Waals surface area (Å²) in [6.07, 6.45) is 5.74. The summed E-state index contributed by atoms with van der Waals surface area (Å²) in [4.78, 5) is 0. The third kappa shape index (κ3) is 6.77. The van der Waals surface area contributed by atoms with Crippen LogP contribution in [0.3, 0.4) is 0 Å².